The number of carbonyl (C=O) groups excluding carboxylic acids is 1. The van der Waals surface area contributed by atoms with Gasteiger partial charge in [0.05, 0.1) is 17.1 Å². The minimum absolute atomic E-state index is 0.296. The van der Waals surface area contributed by atoms with E-state index in [9.17, 15) is 10.1 Å². The van der Waals surface area contributed by atoms with Gasteiger partial charge >= 0.3 is 0 Å². The number of nitrogens with one attached hydrogen (secondary N) is 1. The maximum atomic E-state index is 12.9. The second kappa shape index (κ2) is 10.9. The second-order valence-corrected chi connectivity index (χ2v) is 8.75. The molecule has 3 aromatic rings. The lowest BCUT2D eigenvalue weighted by atomic mass is 9.90. The molecule has 6 nitrogen and oxygen atoms in total. The molecule has 33 heavy (non-hydrogen) atoms. The van der Waals surface area contributed by atoms with E-state index in [2.05, 4.69) is 53.5 Å². The average molecular weight is 442 g/mol. The molecule has 0 bridgehead atoms. The van der Waals surface area contributed by atoms with E-state index in [1.807, 2.05) is 24.3 Å². The van der Waals surface area contributed by atoms with Gasteiger partial charge in [-0.15, -0.1) is 0 Å². The third-order valence-corrected chi connectivity index (χ3v) is 6.35. The number of nitrogens with zero attached hydrogens (tertiary/aromatic N) is 4. The van der Waals surface area contributed by atoms with Gasteiger partial charge in [-0.3, -0.25) is 4.79 Å². The molecule has 0 unspecified atom stereocenters. The molecule has 0 saturated carbocycles. The minimum Gasteiger partial charge on any atom is -0.355 e. The normalized spacial score (nSPS) is 15.2. The fraction of sp³-hybridized carbons (Fsp3) is 0.407. The Hall–Kier alpha value is -3.46. The average Bonchev–Trinajstić information content (AvgIpc) is 2.85. The van der Waals surface area contributed by atoms with Crippen molar-refractivity contribution >= 4 is 22.8 Å². The number of amides is 1. The van der Waals surface area contributed by atoms with E-state index in [1.165, 1.54) is 5.56 Å². The van der Waals surface area contributed by atoms with E-state index < -0.39 is 5.92 Å². The fourth-order valence-corrected chi connectivity index (χ4v) is 4.46. The quantitative estimate of drug-likeness (QED) is 0.516. The Morgan fingerprint density at radius 1 is 1.09 bits per heavy atom. The van der Waals surface area contributed by atoms with E-state index >= 15 is 0 Å². The third-order valence-electron chi connectivity index (χ3n) is 6.35. The first-order valence-corrected chi connectivity index (χ1v) is 11.9. The van der Waals surface area contributed by atoms with Crippen molar-refractivity contribution in [1.29, 1.82) is 5.26 Å². The Labute approximate surface area is 195 Å². The van der Waals surface area contributed by atoms with Crippen molar-refractivity contribution < 1.29 is 4.79 Å². The second-order valence-electron chi connectivity index (χ2n) is 8.75. The lowest BCUT2D eigenvalue weighted by Gasteiger charge is -2.34. The maximum Gasteiger partial charge on any atom is 0.243 e. The summed E-state index contributed by atoms with van der Waals surface area (Å²) in [5.74, 6) is 0.0143. The van der Waals surface area contributed by atoms with E-state index in [4.69, 9.17) is 9.97 Å². The van der Waals surface area contributed by atoms with E-state index in [0.29, 0.717) is 29.5 Å². The number of carbonyl (C=O) groups is 1. The smallest absolute Gasteiger partial charge is 0.243 e. The van der Waals surface area contributed by atoms with Crippen LogP contribution in [0.5, 0.6) is 0 Å². The van der Waals surface area contributed by atoms with Gasteiger partial charge in [-0.05, 0) is 49.3 Å². The predicted octanol–water partition coefficient (Wildman–Crippen LogP) is 4.61. The standard InChI is InChI=1S/C27H31N5O/c1-2-3-15-29-27(33)22(19-28)25-26(31-24-12-8-7-11-23(24)30-25)32-16-13-21(14-17-32)18-20-9-5-4-6-10-20/h4-12,21-22H,2-3,13-18H2,1H3,(H,29,33)/t22-/m0/s1. The molecule has 170 valence electrons. The largest absolute Gasteiger partial charge is 0.355 e. The molecule has 6 heteroatoms. The molecule has 1 atom stereocenters. The van der Waals surface area contributed by atoms with E-state index in [-0.39, 0.29) is 5.91 Å². The van der Waals surface area contributed by atoms with Gasteiger partial charge in [0.25, 0.3) is 0 Å². The summed E-state index contributed by atoms with van der Waals surface area (Å²) in [7, 11) is 0. The summed E-state index contributed by atoms with van der Waals surface area (Å²) < 4.78 is 0. The van der Waals surface area contributed by atoms with Crippen LogP contribution in [-0.4, -0.2) is 35.5 Å². The summed E-state index contributed by atoms with van der Waals surface area (Å²) in [5.41, 5.74) is 3.32. The van der Waals surface area contributed by atoms with Crippen LogP contribution in [0.25, 0.3) is 11.0 Å². The number of rotatable bonds is 8. The van der Waals surface area contributed by atoms with Crippen molar-refractivity contribution in [2.45, 2.75) is 44.9 Å². The van der Waals surface area contributed by atoms with Gasteiger partial charge in [0.15, 0.2) is 11.7 Å². The van der Waals surface area contributed by atoms with Crippen LogP contribution >= 0.6 is 0 Å². The zero-order valence-corrected chi connectivity index (χ0v) is 19.2. The van der Waals surface area contributed by atoms with Gasteiger partial charge in [-0.1, -0.05) is 55.8 Å². The zero-order valence-electron chi connectivity index (χ0n) is 19.2. The van der Waals surface area contributed by atoms with Gasteiger partial charge in [0.1, 0.15) is 5.69 Å². The molecule has 1 aliphatic heterocycles. The molecule has 1 saturated heterocycles. The molecular formula is C27H31N5O. The van der Waals surface area contributed by atoms with Gasteiger partial charge in [0.2, 0.25) is 5.91 Å². The Kier molecular flexibility index (Phi) is 7.51. The van der Waals surface area contributed by atoms with Gasteiger partial charge in [0, 0.05) is 19.6 Å². The molecule has 1 amide bonds. The predicted molar refractivity (Wildman–Crippen MR) is 131 cm³/mol. The first-order chi connectivity index (χ1) is 16.2. The van der Waals surface area contributed by atoms with Crippen molar-refractivity contribution in [3.63, 3.8) is 0 Å². The molecule has 1 aromatic heterocycles. The Morgan fingerprint density at radius 2 is 1.76 bits per heavy atom. The van der Waals surface area contributed by atoms with Crippen LogP contribution in [0.3, 0.4) is 0 Å². The molecule has 4 rings (SSSR count). The molecule has 2 heterocycles. The number of anilines is 1. The molecule has 0 spiro atoms. The summed E-state index contributed by atoms with van der Waals surface area (Å²) in [6, 6.07) is 20.5. The number of para-hydroxylation sites is 2. The van der Waals surface area contributed by atoms with Crippen LogP contribution in [-0.2, 0) is 11.2 Å². The lowest BCUT2D eigenvalue weighted by Crippen LogP contribution is -2.37. The van der Waals surface area contributed by atoms with Crippen molar-refractivity contribution in [2.75, 3.05) is 24.5 Å². The third kappa shape index (κ3) is 5.48. The molecule has 0 radical (unpaired) electrons. The summed E-state index contributed by atoms with van der Waals surface area (Å²) in [6.07, 6.45) is 5.03. The van der Waals surface area contributed by atoms with Crippen LogP contribution in [0.1, 0.15) is 49.8 Å². The molecule has 1 N–H and O–H groups in total. The summed E-state index contributed by atoms with van der Waals surface area (Å²) in [5, 5.41) is 12.8. The van der Waals surface area contributed by atoms with Crippen LogP contribution in [0, 0.1) is 17.2 Å². The summed E-state index contributed by atoms with van der Waals surface area (Å²) in [4.78, 5) is 24.7. The number of benzene rings is 2. The van der Waals surface area contributed by atoms with Crippen LogP contribution < -0.4 is 10.2 Å². The highest BCUT2D eigenvalue weighted by molar-refractivity contribution is 5.88. The number of fused-ring (bicyclic) bond motifs is 1. The Bertz CT molecular complexity index is 1120. The highest BCUT2D eigenvalue weighted by Crippen LogP contribution is 2.31. The van der Waals surface area contributed by atoms with E-state index in [0.717, 1.165) is 50.7 Å². The van der Waals surface area contributed by atoms with Crippen LogP contribution in [0.15, 0.2) is 54.6 Å². The monoisotopic (exact) mass is 441 g/mol. The highest BCUT2D eigenvalue weighted by atomic mass is 16.1. The maximum absolute atomic E-state index is 12.9. The Balaban J connectivity index is 1.57. The summed E-state index contributed by atoms with van der Waals surface area (Å²) in [6.45, 7) is 4.32. The topological polar surface area (TPSA) is 81.9 Å². The molecule has 1 aliphatic rings. The SMILES string of the molecule is CCCCNC(=O)[C@@H](C#N)c1nc2ccccc2nc1N1CCC(Cc2ccccc2)CC1. The van der Waals surface area contributed by atoms with Crippen molar-refractivity contribution in [2.24, 2.45) is 5.92 Å². The van der Waals surface area contributed by atoms with E-state index in [1.54, 1.807) is 0 Å². The van der Waals surface area contributed by atoms with Crippen molar-refractivity contribution in [3.05, 3.63) is 65.9 Å². The van der Waals surface area contributed by atoms with Crippen molar-refractivity contribution in [1.82, 2.24) is 15.3 Å². The number of piperidine rings is 1. The Morgan fingerprint density at radius 3 is 2.42 bits per heavy atom. The van der Waals surface area contributed by atoms with Crippen LogP contribution in [0.4, 0.5) is 5.82 Å². The molecular weight excluding hydrogens is 410 g/mol. The number of hydrogen-bond acceptors (Lipinski definition) is 5. The summed E-state index contributed by atoms with van der Waals surface area (Å²) >= 11 is 0. The number of aromatic nitrogens is 2. The van der Waals surface area contributed by atoms with Gasteiger partial charge in [-0.2, -0.15) is 5.26 Å². The van der Waals surface area contributed by atoms with Gasteiger partial charge < -0.3 is 10.2 Å². The first kappa shape index (κ1) is 22.7. The highest BCUT2D eigenvalue weighted by Gasteiger charge is 2.30. The van der Waals surface area contributed by atoms with Gasteiger partial charge in [-0.25, -0.2) is 9.97 Å². The number of unbranched alkanes of at least 4 members (excludes halogenated alkanes) is 1. The minimum atomic E-state index is -0.976. The van der Waals surface area contributed by atoms with Crippen LogP contribution in [0.2, 0.25) is 0 Å². The molecule has 2 aromatic carbocycles. The first-order valence-electron chi connectivity index (χ1n) is 11.9. The fourth-order valence-electron chi connectivity index (χ4n) is 4.46. The number of hydrogen-bond donors (Lipinski definition) is 1. The van der Waals surface area contributed by atoms with Crippen molar-refractivity contribution in [3.8, 4) is 6.07 Å². The lowest BCUT2D eigenvalue weighted by molar-refractivity contribution is -0.121. The number of nitriles is 1. The zero-order chi connectivity index (χ0) is 23.0. The molecule has 0 aliphatic carbocycles. The molecule has 1 fully saturated rings.